The van der Waals surface area contributed by atoms with E-state index in [-0.39, 0.29) is 24.9 Å². The van der Waals surface area contributed by atoms with Gasteiger partial charge in [0.05, 0.1) is 16.6 Å². The molecule has 3 aromatic rings. The second-order valence-corrected chi connectivity index (χ2v) is 7.93. The fourth-order valence-corrected chi connectivity index (χ4v) is 3.90. The first-order chi connectivity index (χ1) is 15.2. The van der Waals surface area contributed by atoms with E-state index in [0.29, 0.717) is 34.3 Å². The van der Waals surface area contributed by atoms with Gasteiger partial charge in [-0.2, -0.15) is 13.2 Å². The van der Waals surface area contributed by atoms with Crippen molar-refractivity contribution in [2.75, 3.05) is 6.54 Å². The monoisotopic (exact) mass is 445 g/mol. The van der Waals surface area contributed by atoms with Gasteiger partial charge in [-0.05, 0) is 55.2 Å². The lowest BCUT2D eigenvalue weighted by Gasteiger charge is -2.23. The largest absolute Gasteiger partial charge is 0.480 e. The molecule has 2 aromatic heterocycles. The van der Waals surface area contributed by atoms with Crippen LogP contribution >= 0.6 is 0 Å². The van der Waals surface area contributed by atoms with Crippen LogP contribution in [-0.4, -0.2) is 38.0 Å². The number of rotatable bonds is 7. The van der Waals surface area contributed by atoms with E-state index in [1.807, 2.05) is 0 Å². The number of hydrogen-bond acceptors (Lipinski definition) is 3. The second-order valence-electron chi connectivity index (χ2n) is 7.93. The lowest BCUT2D eigenvalue weighted by molar-refractivity contribution is -0.138. The van der Waals surface area contributed by atoms with E-state index in [1.54, 1.807) is 36.4 Å². The van der Waals surface area contributed by atoms with Gasteiger partial charge in [0.1, 0.15) is 6.54 Å². The first-order valence-corrected chi connectivity index (χ1v) is 10.3. The number of carbonyl (C=O) groups excluding carboxylic acids is 1. The van der Waals surface area contributed by atoms with Crippen molar-refractivity contribution in [3.8, 4) is 11.1 Å². The molecule has 0 spiro atoms. The molecule has 0 saturated heterocycles. The molecule has 1 saturated carbocycles. The number of alkyl halides is 3. The highest BCUT2D eigenvalue weighted by Gasteiger charge is 2.34. The first-order valence-electron chi connectivity index (χ1n) is 10.3. The maximum atomic E-state index is 13.5. The van der Waals surface area contributed by atoms with E-state index in [2.05, 4.69) is 4.98 Å². The van der Waals surface area contributed by atoms with Crippen molar-refractivity contribution in [1.29, 1.82) is 0 Å². The number of halogens is 3. The number of carboxylic acids is 1. The third-order valence-corrected chi connectivity index (χ3v) is 5.65. The minimum absolute atomic E-state index is 0.0313. The quantitative estimate of drug-likeness (QED) is 0.578. The lowest BCUT2D eigenvalue weighted by atomic mass is 9.97. The molecule has 0 atom stereocenters. The Labute approximate surface area is 182 Å². The molecule has 1 N–H and O–H groups in total. The smallest absolute Gasteiger partial charge is 0.416 e. The highest BCUT2D eigenvalue weighted by molar-refractivity contribution is 5.94. The van der Waals surface area contributed by atoms with Crippen LogP contribution in [0.5, 0.6) is 0 Å². The van der Waals surface area contributed by atoms with E-state index < -0.39 is 17.7 Å². The number of pyridine rings is 1. The van der Waals surface area contributed by atoms with Crippen molar-refractivity contribution < 1.29 is 27.9 Å². The number of aromatic nitrogens is 2. The van der Waals surface area contributed by atoms with Crippen molar-refractivity contribution in [2.24, 2.45) is 5.92 Å². The molecule has 0 bridgehead atoms. The summed E-state index contributed by atoms with van der Waals surface area (Å²) in [6.45, 7) is 1.90. The van der Waals surface area contributed by atoms with E-state index in [9.17, 15) is 27.9 Å². The van der Waals surface area contributed by atoms with Gasteiger partial charge in [0.15, 0.2) is 0 Å². The molecule has 0 unspecified atom stereocenters. The Balaban J connectivity index is 1.85. The van der Waals surface area contributed by atoms with Crippen LogP contribution in [0.1, 0.15) is 30.9 Å². The highest BCUT2D eigenvalue weighted by atomic mass is 19.4. The summed E-state index contributed by atoms with van der Waals surface area (Å²) in [5.41, 5.74) is 1.63. The Morgan fingerprint density at radius 3 is 2.59 bits per heavy atom. The van der Waals surface area contributed by atoms with Crippen LogP contribution in [0.15, 0.2) is 42.7 Å². The van der Waals surface area contributed by atoms with Crippen LogP contribution in [-0.2, 0) is 28.9 Å². The summed E-state index contributed by atoms with van der Waals surface area (Å²) >= 11 is 0. The molecule has 1 aliphatic rings. The molecule has 4 rings (SSSR count). The molecule has 6 nitrogen and oxygen atoms in total. The van der Waals surface area contributed by atoms with E-state index >= 15 is 0 Å². The van der Waals surface area contributed by atoms with Crippen LogP contribution in [0.3, 0.4) is 0 Å². The van der Waals surface area contributed by atoms with Crippen LogP contribution < -0.4 is 0 Å². The zero-order chi connectivity index (χ0) is 23.0. The maximum Gasteiger partial charge on any atom is 0.416 e. The standard InChI is InChI=1S/C23H22F3N3O3/c1-2-28(22(32)14-5-6-14)11-15-10-16(23(24,25)26)7-8-17(15)18-12-29(13-20(30)31)19-4-3-9-27-21(18)19/h3-4,7-10,12,14H,2,5-6,11,13H2,1H3,(H,30,31). The average Bonchev–Trinajstić information content (AvgIpc) is 3.54. The molecule has 1 amide bonds. The van der Waals surface area contributed by atoms with Crippen LogP contribution in [0.4, 0.5) is 13.2 Å². The zero-order valence-electron chi connectivity index (χ0n) is 17.4. The average molecular weight is 445 g/mol. The minimum Gasteiger partial charge on any atom is -0.480 e. The Morgan fingerprint density at radius 1 is 1.22 bits per heavy atom. The molecule has 32 heavy (non-hydrogen) atoms. The summed E-state index contributed by atoms with van der Waals surface area (Å²) in [5.74, 6) is -1.15. The molecule has 1 aromatic carbocycles. The van der Waals surface area contributed by atoms with Gasteiger partial charge in [0.25, 0.3) is 0 Å². The van der Waals surface area contributed by atoms with Gasteiger partial charge in [-0.25, -0.2) is 0 Å². The summed E-state index contributed by atoms with van der Waals surface area (Å²) in [7, 11) is 0. The number of fused-ring (bicyclic) bond motifs is 1. The van der Waals surface area contributed by atoms with E-state index in [4.69, 9.17) is 0 Å². The first kappa shape index (κ1) is 21.9. The Hall–Kier alpha value is -3.36. The van der Waals surface area contributed by atoms with Crippen molar-refractivity contribution in [3.05, 3.63) is 53.9 Å². The van der Waals surface area contributed by atoms with Crippen molar-refractivity contribution in [2.45, 2.75) is 39.0 Å². The lowest BCUT2D eigenvalue weighted by Crippen LogP contribution is -2.31. The third kappa shape index (κ3) is 4.32. The summed E-state index contributed by atoms with van der Waals surface area (Å²) in [6.07, 6.45) is 0.224. The minimum atomic E-state index is -4.53. The Bertz CT molecular complexity index is 1180. The highest BCUT2D eigenvalue weighted by Crippen LogP contribution is 2.38. The zero-order valence-corrected chi connectivity index (χ0v) is 17.4. The molecule has 0 aliphatic heterocycles. The van der Waals surface area contributed by atoms with Crippen molar-refractivity contribution in [3.63, 3.8) is 0 Å². The Morgan fingerprint density at radius 2 is 1.97 bits per heavy atom. The number of amides is 1. The van der Waals surface area contributed by atoms with Crippen LogP contribution in [0.25, 0.3) is 22.2 Å². The number of carboxylic acid groups (broad SMARTS) is 1. The van der Waals surface area contributed by atoms with Gasteiger partial charge in [-0.1, -0.05) is 6.07 Å². The van der Waals surface area contributed by atoms with E-state index in [1.165, 1.54) is 10.6 Å². The predicted octanol–water partition coefficient (Wildman–Crippen LogP) is 4.57. The summed E-state index contributed by atoms with van der Waals surface area (Å²) in [6, 6.07) is 6.84. The van der Waals surface area contributed by atoms with Gasteiger partial charge in [0.2, 0.25) is 5.91 Å². The number of benzene rings is 1. The fraction of sp³-hybridized carbons (Fsp3) is 0.348. The van der Waals surface area contributed by atoms with Gasteiger partial charge in [-0.15, -0.1) is 0 Å². The normalized spacial score (nSPS) is 14.0. The van der Waals surface area contributed by atoms with Gasteiger partial charge >= 0.3 is 12.1 Å². The van der Waals surface area contributed by atoms with Crippen molar-refractivity contribution >= 4 is 22.9 Å². The summed E-state index contributed by atoms with van der Waals surface area (Å²) in [4.78, 5) is 29.9. The van der Waals surface area contributed by atoms with Crippen LogP contribution in [0.2, 0.25) is 0 Å². The number of hydrogen-bond donors (Lipinski definition) is 1. The molecule has 1 fully saturated rings. The topological polar surface area (TPSA) is 75.4 Å². The van der Waals surface area contributed by atoms with Gasteiger partial charge in [0, 0.05) is 37.0 Å². The third-order valence-electron chi connectivity index (χ3n) is 5.65. The fourth-order valence-electron chi connectivity index (χ4n) is 3.90. The molecule has 2 heterocycles. The molecule has 9 heteroatoms. The number of nitrogens with zero attached hydrogens (tertiary/aromatic N) is 3. The number of carbonyl (C=O) groups is 2. The van der Waals surface area contributed by atoms with Gasteiger partial charge < -0.3 is 14.6 Å². The SMILES string of the molecule is CCN(Cc1cc(C(F)(F)F)ccc1-c1cn(CC(=O)O)c2cccnc12)C(=O)C1CC1. The predicted molar refractivity (Wildman–Crippen MR) is 112 cm³/mol. The molecule has 0 radical (unpaired) electrons. The maximum absolute atomic E-state index is 13.5. The number of aliphatic carboxylic acids is 1. The molecular weight excluding hydrogens is 423 g/mol. The summed E-state index contributed by atoms with van der Waals surface area (Å²) < 4.78 is 41.9. The van der Waals surface area contributed by atoms with Gasteiger partial charge in [-0.3, -0.25) is 14.6 Å². The van der Waals surface area contributed by atoms with Crippen molar-refractivity contribution in [1.82, 2.24) is 14.5 Å². The molecule has 1 aliphatic carbocycles. The van der Waals surface area contributed by atoms with E-state index in [0.717, 1.165) is 25.0 Å². The summed E-state index contributed by atoms with van der Waals surface area (Å²) in [5, 5.41) is 9.25. The van der Waals surface area contributed by atoms with Crippen LogP contribution in [0, 0.1) is 5.92 Å². The second kappa shape index (κ2) is 8.29. The molecular formula is C23H22F3N3O3. The Kier molecular flexibility index (Phi) is 5.66. The molecule has 168 valence electrons.